The van der Waals surface area contributed by atoms with Crippen molar-refractivity contribution in [2.75, 3.05) is 5.32 Å². The molecule has 0 saturated carbocycles. The molecule has 0 bridgehead atoms. The Labute approximate surface area is 149 Å². The molecule has 6 heteroatoms. The molecule has 0 aliphatic heterocycles. The minimum atomic E-state index is -3.69. The molecule has 0 aromatic heterocycles. The van der Waals surface area contributed by atoms with E-state index in [1.54, 1.807) is 39.0 Å². The Hall–Kier alpha value is -2.18. The smallest absolute Gasteiger partial charge is 0.255 e. The molecule has 0 unspecified atom stereocenters. The number of benzene rings is 2. The summed E-state index contributed by atoms with van der Waals surface area (Å²) >= 11 is 0. The van der Waals surface area contributed by atoms with Gasteiger partial charge < -0.3 is 5.32 Å². The van der Waals surface area contributed by atoms with E-state index in [2.05, 4.69) is 10.0 Å². The van der Waals surface area contributed by atoms with E-state index in [0.29, 0.717) is 11.3 Å². The maximum Gasteiger partial charge on any atom is 0.255 e. The van der Waals surface area contributed by atoms with E-state index in [0.717, 1.165) is 12.0 Å². The lowest BCUT2D eigenvalue weighted by Gasteiger charge is -2.20. The van der Waals surface area contributed by atoms with Crippen molar-refractivity contribution < 1.29 is 13.2 Å². The van der Waals surface area contributed by atoms with Gasteiger partial charge in [-0.25, -0.2) is 13.1 Å². The Kier molecular flexibility index (Phi) is 5.65. The van der Waals surface area contributed by atoms with E-state index in [1.165, 1.54) is 12.1 Å². The molecule has 25 heavy (non-hydrogen) atoms. The molecule has 0 saturated heterocycles. The second-order valence-electron chi connectivity index (χ2n) is 6.89. The van der Waals surface area contributed by atoms with Crippen LogP contribution in [0.5, 0.6) is 0 Å². The third-order valence-corrected chi connectivity index (χ3v) is 5.20. The first-order valence-corrected chi connectivity index (χ1v) is 9.63. The molecule has 0 atom stereocenters. The molecular weight excluding hydrogens is 336 g/mol. The van der Waals surface area contributed by atoms with Crippen LogP contribution in [0.2, 0.25) is 0 Å². The molecule has 0 aliphatic carbocycles. The van der Waals surface area contributed by atoms with Gasteiger partial charge in [-0.15, -0.1) is 0 Å². The lowest BCUT2D eigenvalue weighted by Crippen LogP contribution is -2.40. The minimum absolute atomic E-state index is 0.0670. The zero-order valence-electron chi connectivity index (χ0n) is 15.0. The summed E-state index contributed by atoms with van der Waals surface area (Å²) in [5, 5.41) is 2.81. The Morgan fingerprint density at radius 1 is 1.04 bits per heavy atom. The van der Waals surface area contributed by atoms with Crippen LogP contribution in [0.1, 0.15) is 43.6 Å². The molecule has 5 nitrogen and oxygen atoms in total. The van der Waals surface area contributed by atoms with Crippen LogP contribution in [-0.4, -0.2) is 19.9 Å². The number of hydrogen-bond acceptors (Lipinski definition) is 3. The number of carbonyl (C=O) groups excluding carboxylic acids is 1. The monoisotopic (exact) mass is 360 g/mol. The molecule has 1 amide bonds. The first-order chi connectivity index (χ1) is 11.6. The average molecular weight is 360 g/mol. The molecule has 2 N–H and O–H groups in total. The highest BCUT2D eigenvalue weighted by Crippen LogP contribution is 2.17. The summed E-state index contributed by atoms with van der Waals surface area (Å²) in [6, 6.07) is 13.6. The lowest BCUT2D eigenvalue weighted by atomic mass is 10.1. The van der Waals surface area contributed by atoms with Gasteiger partial charge in [0.1, 0.15) is 0 Å². The largest absolute Gasteiger partial charge is 0.322 e. The summed E-state index contributed by atoms with van der Waals surface area (Å²) in [7, 11) is -3.69. The molecular formula is C19H24N2O3S. The van der Waals surface area contributed by atoms with E-state index >= 15 is 0 Å². The predicted molar refractivity (Wildman–Crippen MR) is 100 cm³/mol. The maximum absolute atomic E-state index is 12.5. The Morgan fingerprint density at radius 3 is 2.36 bits per heavy atom. The summed E-state index contributed by atoms with van der Waals surface area (Å²) in [4.78, 5) is 12.5. The number of nitrogens with one attached hydrogen (secondary N) is 2. The zero-order chi connectivity index (χ0) is 18.7. The van der Waals surface area contributed by atoms with E-state index < -0.39 is 15.6 Å². The predicted octanol–water partition coefficient (Wildman–Crippen LogP) is 3.58. The highest BCUT2D eigenvalue weighted by molar-refractivity contribution is 7.89. The number of hydrogen-bond donors (Lipinski definition) is 2. The fourth-order valence-electron chi connectivity index (χ4n) is 2.34. The summed E-state index contributed by atoms with van der Waals surface area (Å²) in [5.41, 5.74) is 1.49. The number of carbonyl (C=O) groups is 1. The lowest BCUT2D eigenvalue weighted by molar-refractivity contribution is 0.102. The van der Waals surface area contributed by atoms with E-state index in [9.17, 15) is 13.2 Å². The van der Waals surface area contributed by atoms with Crippen molar-refractivity contribution >= 4 is 21.6 Å². The van der Waals surface area contributed by atoms with E-state index in [4.69, 9.17) is 0 Å². The standard InChI is InChI=1S/C19H24N2O3S/c1-5-14-8-6-10-16(12-14)20-18(22)15-9-7-11-17(13-15)25(23,24)21-19(2,3)4/h6-13,21H,5H2,1-4H3,(H,20,22). The van der Waals surface area contributed by atoms with Gasteiger partial charge in [0.2, 0.25) is 10.0 Å². The third kappa shape index (κ3) is 5.41. The first kappa shape index (κ1) is 19.1. The molecule has 0 aliphatic rings. The van der Waals surface area contributed by atoms with Crippen LogP contribution >= 0.6 is 0 Å². The van der Waals surface area contributed by atoms with Gasteiger partial charge in [0.15, 0.2) is 0 Å². The Balaban J connectivity index is 2.24. The summed E-state index contributed by atoms with van der Waals surface area (Å²) in [6.07, 6.45) is 0.871. The topological polar surface area (TPSA) is 75.3 Å². The Bertz CT molecular complexity index is 868. The molecule has 0 heterocycles. The summed E-state index contributed by atoms with van der Waals surface area (Å²) in [5.74, 6) is -0.346. The van der Waals surface area contributed by atoms with Crippen LogP contribution in [-0.2, 0) is 16.4 Å². The molecule has 0 radical (unpaired) electrons. The van der Waals surface area contributed by atoms with Crippen LogP contribution in [0, 0.1) is 0 Å². The van der Waals surface area contributed by atoms with Crippen molar-refractivity contribution in [3.05, 3.63) is 59.7 Å². The van der Waals surface area contributed by atoms with Crippen LogP contribution < -0.4 is 10.0 Å². The quantitative estimate of drug-likeness (QED) is 0.856. The maximum atomic E-state index is 12.5. The number of anilines is 1. The van der Waals surface area contributed by atoms with Gasteiger partial charge in [0.05, 0.1) is 4.90 Å². The SMILES string of the molecule is CCc1cccc(NC(=O)c2cccc(S(=O)(=O)NC(C)(C)C)c2)c1. The zero-order valence-corrected chi connectivity index (χ0v) is 15.8. The molecule has 2 rings (SSSR count). The van der Waals surface area contributed by atoms with Gasteiger partial charge in [-0.2, -0.15) is 0 Å². The molecule has 2 aromatic rings. The van der Waals surface area contributed by atoms with Crippen molar-refractivity contribution in [3.8, 4) is 0 Å². The number of amides is 1. The number of sulfonamides is 1. The number of rotatable bonds is 5. The molecule has 134 valence electrons. The third-order valence-electron chi connectivity index (χ3n) is 3.44. The summed E-state index contributed by atoms with van der Waals surface area (Å²) in [6.45, 7) is 7.34. The van der Waals surface area contributed by atoms with Gasteiger partial charge in [-0.1, -0.05) is 25.1 Å². The second-order valence-corrected chi connectivity index (χ2v) is 8.57. The van der Waals surface area contributed by atoms with Gasteiger partial charge >= 0.3 is 0 Å². The Morgan fingerprint density at radius 2 is 1.72 bits per heavy atom. The highest BCUT2D eigenvalue weighted by atomic mass is 32.2. The molecule has 2 aromatic carbocycles. The van der Waals surface area contributed by atoms with Gasteiger partial charge in [-0.05, 0) is 63.1 Å². The van der Waals surface area contributed by atoms with E-state index in [-0.39, 0.29) is 10.8 Å². The van der Waals surface area contributed by atoms with Crippen molar-refractivity contribution in [1.82, 2.24) is 4.72 Å². The van der Waals surface area contributed by atoms with Crippen molar-refractivity contribution in [3.63, 3.8) is 0 Å². The van der Waals surface area contributed by atoms with E-state index in [1.807, 2.05) is 25.1 Å². The molecule has 0 spiro atoms. The van der Waals surface area contributed by atoms with Crippen molar-refractivity contribution in [1.29, 1.82) is 0 Å². The normalized spacial score (nSPS) is 12.0. The van der Waals surface area contributed by atoms with Gasteiger partial charge in [-0.3, -0.25) is 4.79 Å². The van der Waals surface area contributed by atoms with Gasteiger partial charge in [0, 0.05) is 16.8 Å². The molecule has 0 fully saturated rings. The van der Waals surface area contributed by atoms with Crippen LogP contribution in [0.25, 0.3) is 0 Å². The van der Waals surface area contributed by atoms with Crippen molar-refractivity contribution in [2.24, 2.45) is 0 Å². The fraction of sp³-hybridized carbons (Fsp3) is 0.316. The van der Waals surface area contributed by atoms with Crippen LogP contribution in [0.15, 0.2) is 53.4 Å². The van der Waals surface area contributed by atoms with Crippen LogP contribution in [0.4, 0.5) is 5.69 Å². The van der Waals surface area contributed by atoms with Crippen LogP contribution in [0.3, 0.4) is 0 Å². The van der Waals surface area contributed by atoms with Crippen molar-refractivity contribution in [2.45, 2.75) is 44.6 Å². The summed E-state index contributed by atoms with van der Waals surface area (Å²) < 4.78 is 27.4. The highest BCUT2D eigenvalue weighted by Gasteiger charge is 2.22. The second kappa shape index (κ2) is 7.37. The fourth-order valence-corrected chi connectivity index (χ4v) is 3.80. The minimum Gasteiger partial charge on any atom is -0.322 e. The number of aryl methyl sites for hydroxylation is 1. The first-order valence-electron chi connectivity index (χ1n) is 8.15. The van der Waals surface area contributed by atoms with Gasteiger partial charge in [0.25, 0.3) is 5.91 Å². The average Bonchev–Trinajstić information content (AvgIpc) is 2.53.